The van der Waals surface area contributed by atoms with Gasteiger partial charge in [0.25, 0.3) is 0 Å². The first-order valence-electron chi connectivity index (χ1n) is 11.4. The standard InChI is InChI=1S/C27H31NO4S/c1-26(2,3)22-9-11-24(12-10-22)33(31,32)28-14-13-23-15-25(30)21(18-29)17-27(23,19-28)16-20-7-5-4-6-8-20/h4-13,18,21H,14-17,19H2,1-3H3/t21?,27-/m1/s1. The number of Topliss-reactive ketones (excluding diaryl/α,β-unsaturated/α-hetero) is 1. The minimum Gasteiger partial charge on any atom is -0.303 e. The number of carbonyl (C=O) groups is 2. The highest BCUT2D eigenvalue weighted by Gasteiger charge is 2.48. The van der Waals surface area contributed by atoms with Crippen LogP contribution in [0.15, 0.2) is 71.1 Å². The Morgan fingerprint density at radius 1 is 1.06 bits per heavy atom. The number of aldehydes is 1. The molecule has 6 heteroatoms. The van der Waals surface area contributed by atoms with E-state index < -0.39 is 21.4 Å². The van der Waals surface area contributed by atoms with Crippen molar-refractivity contribution >= 4 is 22.1 Å². The van der Waals surface area contributed by atoms with Gasteiger partial charge in [-0.25, -0.2) is 8.42 Å². The molecule has 0 amide bonds. The second-order valence-corrected chi connectivity index (χ2v) is 12.3. The fourth-order valence-electron chi connectivity index (χ4n) is 5.05. The van der Waals surface area contributed by atoms with Gasteiger partial charge < -0.3 is 4.79 Å². The van der Waals surface area contributed by atoms with Crippen LogP contribution in [-0.2, 0) is 31.4 Å². The topological polar surface area (TPSA) is 71.5 Å². The molecular weight excluding hydrogens is 434 g/mol. The maximum Gasteiger partial charge on any atom is 0.243 e. The van der Waals surface area contributed by atoms with Gasteiger partial charge in [0.05, 0.1) is 10.8 Å². The highest BCUT2D eigenvalue weighted by Crippen LogP contribution is 2.47. The lowest BCUT2D eigenvalue weighted by molar-refractivity contribution is -0.130. The first-order chi connectivity index (χ1) is 15.5. The molecule has 1 heterocycles. The minimum absolute atomic E-state index is 0.0662. The normalized spacial score (nSPS) is 24.2. The van der Waals surface area contributed by atoms with E-state index in [0.717, 1.165) is 23.0 Å². The fourth-order valence-corrected chi connectivity index (χ4v) is 6.52. The van der Waals surface area contributed by atoms with Crippen LogP contribution in [0.3, 0.4) is 0 Å². The SMILES string of the molecule is CC(C)(C)c1ccc(S(=O)(=O)N2CC=C3CC(=O)C(C=O)C[C@]3(Cc3ccccc3)C2)cc1. The molecule has 1 unspecified atom stereocenters. The molecule has 5 nitrogen and oxygen atoms in total. The van der Waals surface area contributed by atoms with Gasteiger partial charge in [-0.3, -0.25) is 4.79 Å². The van der Waals surface area contributed by atoms with E-state index in [9.17, 15) is 18.0 Å². The predicted molar refractivity (Wildman–Crippen MR) is 128 cm³/mol. The summed E-state index contributed by atoms with van der Waals surface area (Å²) in [6, 6.07) is 17.0. The molecule has 0 N–H and O–H groups in total. The number of fused-ring (bicyclic) bond motifs is 1. The Morgan fingerprint density at radius 2 is 1.73 bits per heavy atom. The molecule has 174 valence electrons. The Hall–Kier alpha value is -2.57. The van der Waals surface area contributed by atoms with Crippen molar-refractivity contribution in [1.29, 1.82) is 0 Å². The predicted octanol–water partition coefficient (Wildman–Crippen LogP) is 4.32. The van der Waals surface area contributed by atoms with Gasteiger partial charge in [-0.1, -0.05) is 74.9 Å². The van der Waals surface area contributed by atoms with Crippen molar-refractivity contribution in [1.82, 2.24) is 4.31 Å². The van der Waals surface area contributed by atoms with Crippen molar-refractivity contribution in [3.05, 3.63) is 77.4 Å². The molecule has 0 radical (unpaired) electrons. The largest absolute Gasteiger partial charge is 0.303 e. The summed E-state index contributed by atoms with van der Waals surface area (Å²) < 4.78 is 28.7. The number of hydrogen-bond donors (Lipinski definition) is 0. The summed E-state index contributed by atoms with van der Waals surface area (Å²) in [7, 11) is -3.73. The number of nitrogens with zero attached hydrogens (tertiary/aromatic N) is 1. The summed E-state index contributed by atoms with van der Waals surface area (Å²) in [5.41, 5.74) is 2.46. The minimum atomic E-state index is -3.73. The average molecular weight is 466 g/mol. The molecule has 1 fully saturated rings. The summed E-state index contributed by atoms with van der Waals surface area (Å²) in [4.78, 5) is 24.4. The smallest absolute Gasteiger partial charge is 0.243 e. The van der Waals surface area contributed by atoms with Crippen LogP contribution in [0, 0.1) is 11.3 Å². The number of sulfonamides is 1. The van der Waals surface area contributed by atoms with Gasteiger partial charge in [-0.05, 0) is 41.5 Å². The Morgan fingerprint density at radius 3 is 2.33 bits per heavy atom. The van der Waals surface area contributed by atoms with E-state index in [0.29, 0.717) is 12.8 Å². The Balaban J connectivity index is 1.70. The molecule has 2 aliphatic rings. The zero-order valence-corrected chi connectivity index (χ0v) is 20.3. The van der Waals surface area contributed by atoms with E-state index in [4.69, 9.17) is 0 Å². The molecule has 0 saturated heterocycles. The van der Waals surface area contributed by atoms with Gasteiger partial charge in [0, 0.05) is 24.9 Å². The molecule has 0 spiro atoms. The number of rotatable bonds is 5. The highest BCUT2D eigenvalue weighted by molar-refractivity contribution is 7.89. The second-order valence-electron chi connectivity index (χ2n) is 10.3. The molecule has 0 aromatic heterocycles. The first kappa shape index (κ1) is 23.6. The second kappa shape index (κ2) is 8.65. The first-order valence-corrected chi connectivity index (χ1v) is 12.8. The number of ketones is 1. The van der Waals surface area contributed by atoms with Crippen LogP contribution in [0.4, 0.5) is 0 Å². The molecule has 1 aliphatic heterocycles. The molecule has 2 aromatic carbocycles. The third-order valence-corrected chi connectivity index (χ3v) is 8.82. The Kier molecular flexibility index (Phi) is 6.18. The van der Waals surface area contributed by atoms with Crippen LogP contribution in [0.1, 0.15) is 44.7 Å². The van der Waals surface area contributed by atoms with E-state index in [1.54, 1.807) is 12.1 Å². The molecule has 1 aliphatic carbocycles. The van der Waals surface area contributed by atoms with E-state index in [1.807, 2.05) is 48.5 Å². The molecule has 4 rings (SSSR count). The zero-order valence-electron chi connectivity index (χ0n) is 19.5. The van der Waals surface area contributed by atoms with Crippen molar-refractivity contribution in [2.24, 2.45) is 11.3 Å². The third-order valence-electron chi connectivity index (χ3n) is 7.00. The molecule has 1 saturated carbocycles. The maximum atomic E-state index is 13.6. The Labute approximate surface area is 196 Å². The highest BCUT2D eigenvalue weighted by atomic mass is 32.2. The number of hydrogen-bond acceptors (Lipinski definition) is 4. The van der Waals surface area contributed by atoms with Crippen LogP contribution in [0.2, 0.25) is 0 Å². The van der Waals surface area contributed by atoms with E-state index in [1.165, 1.54) is 4.31 Å². The lowest BCUT2D eigenvalue weighted by atomic mass is 9.62. The summed E-state index contributed by atoms with van der Waals surface area (Å²) in [5.74, 6) is -0.770. The van der Waals surface area contributed by atoms with E-state index in [2.05, 4.69) is 20.8 Å². The van der Waals surface area contributed by atoms with Crippen LogP contribution in [-0.4, -0.2) is 37.9 Å². The molecule has 2 aromatic rings. The number of carbonyl (C=O) groups excluding carboxylic acids is 2. The van der Waals surface area contributed by atoms with Gasteiger partial charge in [0.1, 0.15) is 12.1 Å². The van der Waals surface area contributed by atoms with Crippen LogP contribution in [0.5, 0.6) is 0 Å². The third kappa shape index (κ3) is 4.59. The fraction of sp³-hybridized carbons (Fsp3) is 0.407. The zero-order chi connectivity index (χ0) is 23.9. The molecular formula is C27H31NO4S. The Bertz CT molecular complexity index is 1180. The van der Waals surface area contributed by atoms with Gasteiger partial charge in [0.2, 0.25) is 10.0 Å². The quantitative estimate of drug-likeness (QED) is 0.375. The number of benzene rings is 2. The average Bonchev–Trinajstić information content (AvgIpc) is 2.78. The molecule has 2 atom stereocenters. The summed E-state index contributed by atoms with van der Waals surface area (Å²) in [5, 5.41) is 0. The monoisotopic (exact) mass is 465 g/mol. The van der Waals surface area contributed by atoms with Crippen molar-refractivity contribution in [3.63, 3.8) is 0 Å². The van der Waals surface area contributed by atoms with Crippen molar-refractivity contribution in [3.8, 4) is 0 Å². The van der Waals surface area contributed by atoms with Gasteiger partial charge in [-0.2, -0.15) is 4.31 Å². The van der Waals surface area contributed by atoms with Gasteiger partial charge >= 0.3 is 0 Å². The van der Waals surface area contributed by atoms with Gasteiger partial charge in [0.15, 0.2) is 0 Å². The van der Waals surface area contributed by atoms with Crippen molar-refractivity contribution in [2.75, 3.05) is 13.1 Å². The van der Waals surface area contributed by atoms with E-state index >= 15 is 0 Å². The maximum absolute atomic E-state index is 13.6. The summed E-state index contributed by atoms with van der Waals surface area (Å²) >= 11 is 0. The lowest BCUT2D eigenvalue weighted by Crippen LogP contribution is -2.51. The molecule has 33 heavy (non-hydrogen) atoms. The van der Waals surface area contributed by atoms with E-state index in [-0.39, 0.29) is 35.6 Å². The van der Waals surface area contributed by atoms with Crippen LogP contribution >= 0.6 is 0 Å². The summed E-state index contributed by atoms with van der Waals surface area (Å²) in [6.07, 6.45) is 3.76. The van der Waals surface area contributed by atoms with Crippen LogP contribution in [0.25, 0.3) is 0 Å². The van der Waals surface area contributed by atoms with Gasteiger partial charge in [-0.15, -0.1) is 0 Å². The molecule has 0 bridgehead atoms. The summed E-state index contributed by atoms with van der Waals surface area (Å²) in [6.45, 7) is 6.76. The van der Waals surface area contributed by atoms with Crippen molar-refractivity contribution in [2.45, 2.75) is 50.3 Å². The van der Waals surface area contributed by atoms with Crippen LogP contribution < -0.4 is 0 Å². The van der Waals surface area contributed by atoms with Crippen molar-refractivity contribution < 1.29 is 18.0 Å². The lowest BCUT2D eigenvalue weighted by Gasteiger charge is -2.47.